The van der Waals surface area contributed by atoms with E-state index < -0.39 is 0 Å². The Labute approximate surface area is 128 Å². The van der Waals surface area contributed by atoms with Crippen molar-refractivity contribution < 1.29 is 4.74 Å². The molecule has 2 aliphatic rings. The number of para-hydroxylation sites is 2. The van der Waals surface area contributed by atoms with Crippen LogP contribution in [0.25, 0.3) is 0 Å². The Morgan fingerprint density at radius 3 is 2.71 bits per heavy atom. The minimum Gasteiger partial charge on any atom is -0.490 e. The Morgan fingerprint density at radius 2 is 1.81 bits per heavy atom. The predicted octanol–water partition coefficient (Wildman–Crippen LogP) is 1.96. The van der Waals surface area contributed by atoms with E-state index in [4.69, 9.17) is 4.74 Å². The zero-order chi connectivity index (χ0) is 14.3. The van der Waals surface area contributed by atoms with Crippen molar-refractivity contribution in [3.05, 3.63) is 24.3 Å². The molecule has 0 atom stereocenters. The Balaban J connectivity index is 1.58. The number of benzene rings is 1. The molecule has 1 aromatic rings. The molecule has 0 spiro atoms. The van der Waals surface area contributed by atoms with Gasteiger partial charge < -0.3 is 15.0 Å². The first-order valence-corrected chi connectivity index (χ1v) is 8.33. The Kier molecular flexibility index (Phi) is 5.35. The van der Waals surface area contributed by atoms with Crippen molar-refractivity contribution in [3.63, 3.8) is 0 Å². The van der Waals surface area contributed by atoms with Crippen LogP contribution in [0.3, 0.4) is 0 Å². The summed E-state index contributed by atoms with van der Waals surface area (Å²) in [4.78, 5) is 4.95. The average Bonchev–Trinajstić information content (AvgIpc) is 2.88. The van der Waals surface area contributed by atoms with Crippen LogP contribution in [0.5, 0.6) is 5.75 Å². The number of rotatable bonds is 5. The van der Waals surface area contributed by atoms with Gasteiger partial charge in [-0.1, -0.05) is 12.1 Å². The Morgan fingerprint density at radius 1 is 0.952 bits per heavy atom. The molecule has 0 radical (unpaired) electrons. The van der Waals surface area contributed by atoms with Crippen molar-refractivity contribution in [2.75, 3.05) is 57.3 Å². The van der Waals surface area contributed by atoms with Crippen molar-refractivity contribution in [1.82, 2.24) is 10.2 Å². The molecule has 2 aliphatic heterocycles. The van der Waals surface area contributed by atoms with Gasteiger partial charge in [-0.2, -0.15) is 0 Å². The smallest absolute Gasteiger partial charge is 0.142 e. The van der Waals surface area contributed by atoms with Gasteiger partial charge in [-0.25, -0.2) is 0 Å². The number of hydrogen-bond acceptors (Lipinski definition) is 4. The monoisotopic (exact) mass is 289 g/mol. The lowest BCUT2D eigenvalue weighted by molar-refractivity contribution is 0.238. The van der Waals surface area contributed by atoms with Gasteiger partial charge in [0.1, 0.15) is 12.4 Å². The summed E-state index contributed by atoms with van der Waals surface area (Å²) in [5.41, 5.74) is 1.25. The fourth-order valence-corrected chi connectivity index (χ4v) is 3.22. The maximum Gasteiger partial charge on any atom is 0.142 e. The summed E-state index contributed by atoms with van der Waals surface area (Å²) in [6.07, 6.45) is 3.89. The summed E-state index contributed by atoms with van der Waals surface area (Å²) in [6, 6.07) is 8.49. The number of nitrogens with one attached hydrogen (secondary N) is 1. The van der Waals surface area contributed by atoms with Gasteiger partial charge in [-0.3, -0.25) is 4.90 Å². The van der Waals surface area contributed by atoms with Crippen LogP contribution in [0.4, 0.5) is 5.69 Å². The van der Waals surface area contributed by atoms with Crippen molar-refractivity contribution in [2.45, 2.75) is 19.3 Å². The third-order valence-electron chi connectivity index (χ3n) is 4.41. The molecule has 116 valence electrons. The van der Waals surface area contributed by atoms with Crippen LogP contribution in [0.2, 0.25) is 0 Å². The second-order valence-electron chi connectivity index (χ2n) is 5.96. The van der Waals surface area contributed by atoms with Gasteiger partial charge in [-0.05, 0) is 51.0 Å². The predicted molar refractivity (Wildman–Crippen MR) is 87.3 cm³/mol. The van der Waals surface area contributed by atoms with Crippen LogP contribution in [-0.4, -0.2) is 57.3 Å². The van der Waals surface area contributed by atoms with Crippen molar-refractivity contribution in [1.29, 1.82) is 0 Å². The van der Waals surface area contributed by atoms with E-state index in [0.29, 0.717) is 0 Å². The van der Waals surface area contributed by atoms with Crippen LogP contribution >= 0.6 is 0 Å². The molecular weight excluding hydrogens is 262 g/mol. The topological polar surface area (TPSA) is 27.7 Å². The third-order valence-corrected chi connectivity index (χ3v) is 4.41. The van der Waals surface area contributed by atoms with E-state index in [1.54, 1.807) is 0 Å². The number of anilines is 1. The minimum atomic E-state index is 0.795. The van der Waals surface area contributed by atoms with Crippen LogP contribution in [0.1, 0.15) is 19.3 Å². The van der Waals surface area contributed by atoms with Crippen LogP contribution in [-0.2, 0) is 0 Å². The second kappa shape index (κ2) is 7.66. The van der Waals surface area contributed by atoms with Gasteiger partial charge in [0.05, 0.1) is 5.69 Å². The highest BCUT2D eigenvalue weighted by Crippen LogP contribution is 2.28. The first kappa shape index (κ1) is 14.7. The van der Waals surface area contributed by atoms with E-state index in [1.165, 1.54) is 38.0 Å². The first-order valence-electron chi connectivity index (χ1n) is 8.33. The molecule has 3 rings (SSSR count). The van der Waals surface area contributed by atoms with Gasteiger partial charge in [0.15, 0.2) is 0 Å². The molecule has 2 saturated heterocycles. The highest BCUT2D eigenvalue weighted by molar-refractivity contribution is 5.58. The van der Waals surface area contributed by atoms with E-state index in [2.05, 4.69) is 39.4 Å². The molecule has 0 unspecified atom stereocenters. The average molecular weight is 289 g/mol. The van der Waals surface area contributed by atoms with Crippen LogP contribution < -0.4 is 15.0 Å². The zero-order valence-corrected chi connectivity index (χ0v) is 12.9. The largest absolute Gasteiger partial charge is 0.490 e. The molecular formula is C17H27N3O. The van der Waals surface area contributed by atoms with Gasteiger partial charge in [-0.15, -0.1) is 0 Å². The molecule has 0 bridgehead atoms. The summed E-state index contributed by atoms with van der Waals surface area (Å²) in [7, 11) is 0. The van der Waals surface area contributed by atoms with E-state index in [9.17, 15) is 0 Å². The lowest BCUT2D eigenvalue weighted by atomic mass is 10.2. The molecule has 2 heterocycles. The SMILES string of the molecule is c1ccc(N2CCCNCC2)c(OCCN2CCCC2)c1. The molecule has 4 heteroatoms. The summed E-state index contributed by atoms with van der Waals surface area (Å²) in [5.74, 6) is 1.04. The van der Waals surface area contributed by atoms with Gasteiger partial charge in [0, 0.05) is 26.2 Å². The van der Waals surface area contributed by atoms with Gasteiger partial charge in [0.25, 0.3) is 0 Å². The molecule has 2 fully saturated rings. The first-order chi connectivity index (χ1) is 10.4. The molecule has 0 amide bonds. The molecule has 21 heavy (non-hydrogen) atoms. The second-order valence-corrected chi connectivity index (χ2v) is 5.96. The van der Waals surface area contributed by atoms with Crippen molar-refractivity contribution in [2.24, 2.45) is 0 Å². The molecule has 4 nitrogen and oxygen atoms in total. The highest BCUT2D eigenvalue weighted by Gasteiger charge is 2.15. The Bertz CT molecular complexity index is 424. The maximum atomic E-state index is 6.09. The number of ether oxygens (including phenoxy) is 1. The quantitative estimate of drug-likeness (QED) is 0.897. The fraction of sp³-hybridized carbons (Fsp3) is 0.647. The Hall–Kier alpha value is -1.26. The normalized spacial score (nSPS) is 20.5. The molecule has 1 N–H and O–H groups in total. The maximum absolute atomic E-state index is 6.09. The van der Waals surface area contributed by atoms with E-state index in [0.717, 1.165) is 45.1 Å². The molecule has 1 aromatic carbocycles. The van der Waals surface area contributed by atoms with E-state index >= 15 is 0 Å². The summed E-state index contributed by atoms with van der Waals surface area (Å²) >= 11 is 0. The molecule has 0 aliphatic carbocycles. The van der Waals surface area contributed by atoms with Crippen LogP contribution in [0.15, 0.2) is 24.3 Å². The highest BCUT2D eigenvalue weighted by atomic mass is 16.5. The summed E-state index contributed by atoms with van der Waals surface area (Å²) in [6.45, 7) is 8.67. The summed E-state index contributed by atoms with van der Waals surface area (Å²) < 4.78 is 6.09. The number of nitrogens with zero attached hydrogens (tertiary/aromatic N) is 2. The molecule has 0 aromatic heterocycles. The lowest BCUT2D eigenvalue weighted by Gasteiger charge is -2.25. The van der Waals surface area contributed by atoms with Gasteiger partial charge >= 0.3 is 0 Å². The van der Waals surface area contributed by atoms with Crippen molar-refractivity contribution >= 4 is 5.69 Å². The number of hydrogen-bond donors (Lipinski definition) is 1. The van der Waals surface area contributed by atoms with E-state index in [1.807, 2.05) is 0 Å². The summed E-state index contributed by atoms with van der Waals surface area (Å²) in [5, 5.41) is 3.46. The van der Waals surface area contributed by atoms with Gasteiger partial charge in [0.2, 0.25) is 0 Å². The lowest BCUT2D eigenvalue weighted by Crippen LogP contribution is -2.29. The third kappa shape index (κ3) is 4.11. The van der Waals surface area contributed by atoms with E-state index in [-0.39, 0.29) is 0 Å². The standard InChI is InChI=1S/C17H27N3O/c1-2-7-17(21-15-14-19-10-3-4-11-19)16(6-1)20-12-5-8-18-9-13-20/h1-2,6-7,18H,3-5,8-15H2. The van der Waals surface area contributed by atoms with Crippen LogP contribution in [0, 0.1) is 0 Å². The molecule has 0 saturated carbocycles. The minimum absolute atomic E-state index is 0.795. The number of likely N-dealkylation sites (tertiary alicyclic amines) is 1. The fourth-order valence-electron chi connectivity index (χ4n) is 3.22. The zero-order valence-electron chi connectivity index (χ0n) is 12.9. The van der Waals surface area contributed by atoms with Crippen molar-refractivity contribution in [3.8, 4) is 5.75 Å².